The van der Waals surface area contributed by atoms with Gasteiger partial charge in [0, 0.05) is 6.04 Å². The molecule has 2 nitrogen and oxygen atoms in total. The third-order valence-electron chi connectivity index (χ3n) is 2.88. The SMILES string of the molecule is CCCNC(COc1cccc(C)c1)C(C)C. The van der Waals surface area contributed by atoms with Crippen LogP contribution in [0.3, 0.4) is 0 Å². The minimum absolute atomic E-state index is 0.426. The van der Waals surface area contributed by atoms with Crippen molar-refractivity contribution in [3.05, 3.63) is 29.8 Å². The molecule has 96 valence electrons. The van der Waals surface area contributed by atoms with E-state index in [2.05, 4.69) is 45.1 Å². The molecule has 0 aliphatic rings. The van der Waals surface area contributed by atoms with E-state index in [1.54, 1.807) is 0 Å². The lowest BCUT2D eigenvalue weighted by molar-refractivity contribution is 0.230. The summed E-state index contributed by atoms with van der Waals surface area (Å²) in [5.41, 5.74) is 1.24. The molecule has 0 aliphatic heterocycles. The lowest BCUT2D eigenvalue weighted by atomic mass is 10.1. The molecule has 0 saturated heterocycles. The second-order valence-corrected chi connectivity index (χ2v) is 4.93. The number of ether oxygens (including phenoxy) is 1. The minimum atomic E-state index is 0.426. The molecule has 0 saturated carbocycles. The lowest BCUT2D eigenvalue weighted by Crippen LogP contribution is -2.39. The van der Waals surface area contributed by atoms with Gasteiger partial charge in [0.05, 0.1) is 0 Å². The van der Waals surface area contributed by atoms with E-state index in [0.717, 1.165) is 25.3 Å². The van der Waals surface area contributed by atoms with E-state index in [9.17, 15) is 0 Å². The Morgan fingerprint density at radius 1 is 1.29 bits per heavy atom. The Morgan fingerprint density at radius 2 is 2.06 bits per heavy atom. The molecule has 0 amide bonds. The molecule has 0 bridgehead atoms. The summed E-state index contributed by atoms with van der Waals surface area (Å²) in [5, 5.41) is 3.53. The number of hydrogen-bond acceptors (Lipinski definition) is 2. The van der Waals surface area contributed by atoms with Gasteiger partial charge in [0.25, 0.3) is 0 Å². The van der Waals surface area contributed by atoms with E-state index in [-0.39, 0.29) is 0 Å². The molecule has 1 N–H and O–H groups in total. The summed E-state index contributed by atoms with van der Waals surface area (Å²) in [4.78, 5) is 0. The van der Waals surface area contributed by atoms with Crippen LogP contribution in [0.5, 0.6) is 5.75 Å². The molecule has 1 aromatic rings. The van der Waals surface area contributed by atoms with Gasteiger partial charge in [0.15, 0.2) is 0 Å². The van der Waals surface area contributed by atoms with Gasteiger partial charge in [-0.25, -0.2) is 0 Å². The van der Waals surface area contributed by atoms with Crippen molar-refractivity contribution < 1.29 is 4.74 Å². The summed E-state index contributed by atoms with van der Waals surface area (Å²) in [7, 11) is 0. The van der Waals surface area contributed by atoms with E-state index in [1.807, 2.05) is 12.1 Å². The van der Waals surface area contributed by atoms with Gasteiger partial charge in [-0.3, -0.25) is 0 Å². The molecule has 0 spiro atoms. The maximum absolute atomic E-state index is 5.84. The molecular formula is C15H25NO. The van der Waals surface area contributed by atoms with Crippen molar-refractivity contribution >= 4 is 0 Å². The van der Waals surface area contributed by atoms with Crippen molar-refractivity contribution in [2.45, 2.75) is 40.2 Å². The minimum Gasteiger partial charge on any atom is -0.492 e. The molecule has 0 aliphatic carbocycles. The second kappa shape index (κ2) is 7.33. The van der Waals surface area contributed by atoms with Gasteiger partial charge in [-0.2, -0.15) is 0 Å². The van der Waals surface area contributed by atoms with Crippen LogP contribution in [0.15, 0.2) is 24.3 Å². The lowest BCUT2D eigenvalue weighted by Gasteiger charge is -2.22. The molecule has 0 aromatic heterocycles. The average Bonchev–Trinajstić information content (AvgIpc) is 2.28. The number of hydrogen-bond donors (Lipinski definition) is 1. The zero-order valence-electron chi connectivity index (χ0n) is 11.5. The van der Waals surface area contributed by atoms with Crippen LogP contribution in [-0.2, 0) is 0 Å². The Hall–Kier alpha value is -1.02. The highest BCUT2D eigenvalue weighted by Crippen LogP contribution is 2.13. The quantitative estimate of drug-likeness (QED) is 0.782. The van der Waals surface area contributed by atoms with Crippen LogP contribution in [-0.4, -0.2) is 19.2 Å². The average molecular weight is 235 g/mol. The number of benzene rings is 1. The molecule has 1 atom stereocenters. The summed E-state index contributed by atoms with van der Waals surface area (Å²) >= 11 is 0. The highest BCUT2D eigenvalue weighted by molar-refractivity contribution is 5.27. The molecule has 0 fully saturated rings. The third kappa shape index (κ3) is 5.22. The number of nitrogens with one attached hydrogen (secondary N) is 1. The van der Waals surface area contributed by atoms with Crippen LogP contribution in [0.2, 0.25) is 0 Å². The van der Waals surface area contributed by atoms with Crippen molar-refractivity contribution in [3.8, 4) is 5.75 Å². The zero-order valence-corrected chi connectivity index (χ0v) is 11.5. The molecular weight excluding hydrogens is 210 g/mol. The van der Waals surface area contributed by atoms with Crippen molar-refractivity contribution in [3.63, 3.8) is 0 Å². The predicted molar refractivity (Wildman–Crippen MR) is 73.6 cm³/mol. The van der Waals surface area contributed by atoms with Crippen LogP contribution in [0, 0.1) is 12.8 Å². The molecule has 1 aromatic carbocycles. The van der Waals surface area contributed by atoms with Crippen LogP contribution in [0.1, 0.15) is 32.8 Å². The molecule has 17 heavy (non-hydrogen) atoms. The Labute approximate surface area is 105 Å². The summed E-state index contributed by atoms with van der Waals surface area (Å²) in [5.74, 6) is 1.56. The summed E-state index contributed by atoms with van der Waals surface area (Å²) in [6, 6.07) is 8.65. The topological polar surface area (TPSA) is 21.3 Å². The fourth-order valence-corrected chi connectivity index (χ4v) is 1.71. The van der Waals surface area contributed by atoms with Crippen LogP contribution < -0.4 is 10.1 Å². The highest BCUT2D eigenvalue weighted by Gasteiger charge is 2.12. The fraction of sp³-hybridized carbons (Fsp3) is 0.600. The van der Waals surface area contributed by atoms with Crippen molar-refractivity contribution in [1.82, 2.24) is 5.32 Å². The Balaban J connectivity index is 2.45. The van der Waals surface area contributed by atoms with E-state index < -0.39 is 0 Å². The second-order valence-electron chi connectivity index (χ2n) is 4.93. The molecule has 2 heteroatoms. The van der Waals surface area contributed by atoms with Gasteiger partial charge in [-0.05, 0) is 43.5 Å². The summed E-state index contributed by atoms with van der Waals surface area (Å²) < 4.78 is 5.84. The maximum atomic E-state index is 5.84. The van der Waals surface area contributed by atoms with E-state index in [0.29, 0.717) is 12.0 Å². The molecule has 0 radical (unpaired) electrons. The first-order chi connectivity index (χ1) is 8.13. The van der Waals surface area contributed by atoms with E-state index in [4.69, 9.17) is 4.74 Å². The predicted octanol–water partition coefficient (Wildman–Crippen LogP) is 3.40. The van der Waals surface area contributed by atoms with E-state index >= 15 is 0 Å². The first kappa shape index (κ1) is 14.0. The van der Waals surface area contributed by atoms with Crippen LogP contribution in [0.4, 0.5) is 0 Å². The number of aryl methyl sites for hydroxylation is 1. The van der Waals surface area contributed by atoms with Gasteiger partial charge in [0.1, 0.15) is 12.4 Å². The van der Waals surface area contributed by atoms with Crippen LogP contribution >= 0.6 is 0 Å². The van der Waals surface area contributed by atoms with Crippen molar-refractivity contribution in [2.75, 3.05) is 13.2 Å². The normalized spacial score (nSPS) is 12.8. The smallest absolute Gasteiger partial charge is 0.119 e. The molecule has 0 heterocycles. The zero-order chi connectivity index (χ0) is 12.7. The molecule has 1 unspecified atom stereocenters. The van der Waals surface area contributed by atoms with Gasteiger partial charge < -0.3 is 10.1 Å². The van der Waals surface area contributed by atoms with E-state index in [1.165, 1.54) is 5.56 Å². The summed E-state index contributed by atoms with van der Waals surface area (Å²) in [6.45, 7) is 10.5. The molecule has 1 rings (SSSR count). The number of rotatable bonds is 7. The van der Waals surface area contributed by atoms with Gasteiger partial charge >= 0.3 is 0 Å². The Morgan fingerprint density at radius 3 is 2.65 bits per heavy atom. The van der Waals surface area contributed by atoms with Crippen molar-refractivity contribution in [2.24, 2.45) is 5.92 Å². The van der Waals surface area contributed by atoms with Gasteiger partial charge in [-0.1, -0.05) is 32.9 Å². The Bertz CT molecular complexity index is 322. The first-order valence-corrected chi connectivity index (χ1v) is 6.56. The monoisotopic (exact) mass is 235 g/mol. The highest BCUT2D eigenvalue weighted by atomic mass is 16.5. The fourth-order valence-electron chi connectivity index (χ4n) is 1.71. The van der Waals surface area contributed by atoms with Crippen molar-refractivity contribution in [1.29, 1.82) is 0 Å². The standard InChI is InChI=1S/C15H25NO/c1-5-9-16-15(12(2)3)11-17-14-8-6-7-13(4)10-14/h6-8,10,12,15-16H,5,9,11H2,1-4H3. The summed E-state index contributed by atoms with van der Waals surface area (Å²) in [6.07, 6.45) is 1.16. The third-order valence-corrected chi connectivity index (χ3v) is 2.88. The Kier molecular flexibility index (Phi) is 6.06. The first-order valence-electron chi connectivity index (χ1n) is 6.56. The largest absolute Gasteiger partial charge is 0.492 e. The maximum Gasteiger partial charge on any atom is 0.119 e. The van der Waals surface area contributed by atoms with Gasteiger partial charge in [-0.15, -0.1) is 0 Å². The van der Waals surface area contributed by atoms with Gasteiger partial charge in [0.2, 0.25) is 0 Å². The van der Waals surface area contributed by atoms with Crippen LogP contribution in [0.25, 0.3) is 0 Å².